The van der Waals surface area contributed by atoms with Gasteiger partial charge in [0.05, 0.1) is 0 Å². The second-order valence-corrected chi connectivity index (χ2v) is 6.43. The van der Waals surface area contributed by atoms with Crippen LogP contribution in [0.25, 0.3) is 0 Å². The molecule has 0 spiro atoms. The van der Waals surface area contributed by atoms with E-state index in [0.717, 1.165) is 12.1 Å². The summed E-state index contributed by atoms with van der Waals surface area (Å²) in [6, 6.07) is 10.9. The molecule has 0 radical (unpaired) electrons. The van der Waals surface area contributed by atoms with Crippen molar-refractivity contribution in [2.45, 2.75) is 32.4 Å². The van der Waals surface area contributed by atoms with E-state index < -0.39 is 6.61 Å². The standard InChI is InChI=1S/C16H19F2NOS/c1-16(2,14-4-3-9-21-14)11-19-10-12-5-7-13(8-6-12)20-15(17)18/h3-9,15,19H,10-11H2,1-2H3. The maximum absolute atomic E-state index is 12.1. The van der Waals surface area contributed by atoms with Crippen LogP contribution >= 0.6 is 11.3 Å². The average Bonchev–Trinajstić information content (AvgIpc) is 2.95. The highest BCUT2D eigenvalue weighted by atomic mass is 32.1. The van der Waals surface area contributed by atoms with E-state index in [4.69, 9.17) is 0 Å². The van der Waals surface area contributed by atoms with Gasteiger partial charge >= 0.3 is 6.61 Å². The van der Waals surface area contributed by atoms with E-state index in [0.29, 0.717) is 6.54 Å². The molecule has 5 heteroatoms. The third-order valence-electron chi connectivity index (χ3n) is 3.23. The summed E-state index contributed by atoms with van der Waals surface area (Å²) in [5.74, 6) is 0.188. The highest BCUT2D eigenvalue weighted by molar-refractivity contribution is 7.10. The summed E-state index contributed by atoms with van der Waals surface area (Å²) < 4.78 is 28.4. The topological polar surface area (TPSA) is 21.3 Å². The average molecular weight is 311 g/mol. The van der Waals surface area contributed by atoms with Crippen LogP contribution in [0.15, 0.2) is 41.8 Å². The zero-order chi connectivity index (χ0) is 15.3. The first-order valence-electron chi connectivity index (χ1n) is 6.76. The normalized spacial score (nSPS) is 11.9. The summed E-state index contributed by atoms with van der Waals surface area (Å²) in [7, 11) is 0. The third kappa shape index (κ3) is 4.79. The molecule has 0 aliphatic rings. The van der Waals surface area contributed by atoms with Crippen molar-refractivity contribution in [3.05, 3.63) is 52.2 Å². The lowest BCUT2D eigenvalue weighted by Gasteiger charge is -2.23. The Balaban J connectivity index is 1.83. The lowest BCUT2D eigenvalue weighted by molar-refractivity contribution is -0.0498. The number of rotatable bonds is 7. The number of hydrogen-bond donors (Lipinski definition) is 1. The largest absolute Gasteiger partial charge is 0.435 e. The molecule has 0 fully saturated rings. The van der Waals surface area contributed by atoms with Crippen LogP contribution in [0.5, 0.6) is 5.75 Å². The van der Waals surface area contributed by atoms with Gasteiger partial charge in [-0.05, 0) is 29.1 Å². The van der Waals surface area contributed by atoms with Crippen LogP contribution in [0.2, 0.25) is 0 Å². The molecule has 1 heterocycles. The Hall–Kier alpha value is -1.46. The Morgan fingerprint density at radius 2 is 1.90 bits per heavy atom. The molecule has 0 aliphatic carbocycles. The van der Waals surface area contributed by atoms with E-state index in [2.05, 4.69) is 41.4 Å². The minimum atomic E-state index is -2.78. The van der Waals surface area contributed by atoms with Crippen molar-refractivity contribution in [2.75, 3.05) is 6.54 Å². The van der Waals surface area contributed by atoms with E-state index in [1.54, 1.807) is 35.6 Å². The van der Waals surface area contributed by atoms with Gasteiger partial charge in [0, 0.05) is 23.4 Å². The van der Waals surface area contributed by atoms with E-state index >= 15 is 0 Å². The zero-order valence-corrected chi connectivity index (χ0v) is 12.9. The summed E-state index contributed by atoms with van der Waals surface area (Å²) in [5, 5.41) is 5.49. The van der Waals surface area contributed by atoms with Gasteiger partial charge in [0.25, 0.3) is 0 Å². The molecule has 2 aromatic rings. The lowest BCUT2D eigenvalue weighted by atomic mass is 9.91. The Labute approximate surface area is 127 Å². The summed E-state index contributed by atoms with van der Waals surface area (Å²) in [6.45, 7) is 3.17. The van der Waals surface area contributed by atoms with Crippen LogP contribution in [0, 0.1) is 0 Å². The number of ether oxygens (including phenoxy) is 1. The number of alkyl halides is 2. The monoisotopic (exact) mass is 311 g/mol. The van der Waals surface area contributed by atoms with Crippen molar-refractivity contribution in [1.29, 1.82) is 0 Å². The van der Waals surface area contributed by atoms with Crippen molar-refractivity contribution in [2.24, 2.45) is 0 Å². The molecular formula is C16H19F2NOS. The van der Waals surface area contributed by atoms with Crippen molar-refractivity contribution < 1.29 is 13.5 Å². The molecule has 0 bridgehead atoms. The Kier molecular flexibility index (Phi) is 5.31. The van der Waals surface area contributed by atoms with Gasteiger partial charge in [-0.3, -0.25) is 0 Å². The fraction of sp³-hybridized carbons (Fsp3) is 0.375. The summed E-state index contributed by atoms with van der Waals surface area (Å²) in [4.78, 5) is 1.34. The smallest absolute Gasteiger partial charge is 0.387 e. The molecule has 0 saturated carbocycles. The van der Waals surface area contributed by atoms with Crippen molar-refractivity contribution in [1.82, 2.24) is 5.32 Å². The first-order chi connectivity index (χ1) is 9.97. The summed E-state index contributed by atoms with van der Waals surface area (Å²) in [5.41, 5.74) is 1.12. The van der Waals surface area contributed by atoms with Crippen molar-refractivity contribution in [3.63, 3.8) is 0 Å². The molecule has 2 rings (SSSR count). The van der Waals surface area contributed by atoms with Gasteiger partial charge in [-0.15, -0.1) is 11.3 Å². The highest BCUT2D eigenvalue weighted by Gasteiger charge is 2.20. The summed E-state index contributed by atoms with van der Waals surface area (Å²) >= 11 is 1.76. The van der Waals surface area contributed by atoms with Gasteiger partial charge in [0.2, 0.25) is 0 Å². The molecule has 0 amide bonds. The molecule has 1 aromatic carbocycles. The molecule has 2 nitrogen and oxygen atoms in total. The number of nitrogens with one attached hydrogen (secondary N) is 1. The van der Waals surface area contributed by atoms with Gasteiger partial charge in [0.1, 0.15) is 5.75 Å². The Morgan fingerprint density at radius 3 is 2.48 bits per heavy atom. The molecule has 1 aromatic heterocycles. The van der Waals surface area contributed by atoms with E-state index in [-0.39, 0.29) is 11.2 Å². The second kappa shape index (κ2) is 7.00. The predicted octanol–water partition coefficient (Wildman–Crippen LogP) is 4.42. The van der Waals surface area contributed by atoms with Gasteiger partial charge in [-0.25, -0.2) is 0 Å². The van der Waals surface area contributed by atoms with Gasteiger partial charge < -0.3 is 10.1 Å². The second-order valence-electron chi connectivity index (χ2n) is 5.49. The van der Waals surface area contributed by atoms with Crippen LogP contribution in [-0.4, -0.2) is 13.2 Å². The molecule has 0 saturated heterocycles. The molecule has 0 aliphatic heterocycles. The van der Waals surface area contributed by atoms with Gasteiger partial charge in [-0.2, -0.15) is 8.78 Å². The Bertz CT molecular complexity index is 538. The van der Waals surface area contributed by atoms with Crippen molar-refractivity contribution in [3.8, 4) is 5.75 Å². The first-order valence-corrected chi connectivity index (χ1v) is 7.64. The molecule has 0 unspecified atom stereocenters. The number of benzene rings is 1. The first kappa shape index (κ1) is 15.9. The maximum atomic E-state index is 12.1. The van der Waals surface area contributed by atoms with Crippen LogP contribution < -0.4 is 10.1 Å². The SMILES string of the molecule is CC(C)(CNCc1ccc(OC(F)F)cc1)c1cccs1. The number of hydrogen-bond acceptors (Lipinski definition) is 3. The fourth-order valence-electron chi connectivity index (χ4n) is 2.06. The quantitative estimate of drug-likeness (QED) is 0.817. The van der Waals surface area contributed by atoms with Crippen LogP contribution in [-0.2, 0) is 12.0 Å². The van der Waals surface area contributed by atoms with E-state index in [9.17, 15) is 8.78 Å². The van der Waals surface area contributed by atoms with Crippen LogP contribution in [0.3, 0.4) is 0 Å². The van der Waals surface area contributed by atoms with E-state index in [1.165, 1.54) is 4.88 Å². The van der Waals surface area contributed by atoms with Gasteiger partial charge in [0.15, 0.2) is 0 Å². The minimum absolute atomic E-state index is 0.0763. The number of thiophene rings is 1. The fourth-order valence-corrected chi connectivity index (χ4v) is 2.91. The lowest BCUT2D eigenvalue weighted by Crippen LogP contribution is -2.31. The molecule has 0 atom stereocenters. The molecule has 1 N–H and O–H groups in total. The minimum Gasteiger partial charge on any atom is -0.435 e. The molecule has 114 valence electrons. The highest BCUT2D eigenvalue weighted by Crippen LogP contribution is 2.26. The van der Waals surface area contributed by atoms with Crippen molar-refractivity contribution >= 4 is 11.3 Å². The zero-order valence-electron chi connectivity index (χ0n) is 12.1. The Morgan fingerprint density at radius 1 is 1.19 bits per heavy atom. The van der Waals surface area contributed by atoms with Crippen LogP contribution in [0.1, 0.15) is 24.3 Å². The maximum Gasteiger partial charge on any atom is 0.387 e. The predicted molar refractivity (Wildman–Crippen MR) is 82.1 cm³/mol. The molecule has 21 heavy (non-hydrogen) atoms. The van der Waals surface area contributed by atoms with Crippen LogP contribution in [0.4, 0.5) is 8.78 Å². The third-order valence-corrected chi connectivity index (χ3v) is 4.47. The van der Waals surface area contributed by atoms with Gasteiger partial charge in [-0.1, -0.05) is 32.0 Å². The molecular weight excluding hydrogens is 292 g/mol. The summed E-state index contributed by atoms with van der Waals surface area (Å²) in [6.07, 6.45) is 0. The number of halogens is 2. The van der Waals surface area contributed by atoms with E-state index in [1.807, 2.05) is 0 Å².